The van der Waals surface area contributed by atoms with Crippen molar-refractivity contribution in [3.8, 4) is 0 Å². The SMILES string of the molecule is c1ccc(N/N=C(\CC(c2ccccc2)c2ccccc2)c2ccccc2)cc1. The summed E-state index contributed by atoms with van der Waals surface area (Å²) in [7, 11) is 0. The zero-order valence-corrected chi connectivity index (χ0v) is 16.3. The maximum atomic E-state index is 4.82. The molecule has 0 aliphatic heterocycles. The van der Waals surface area contributed by atoms with Crippen molar-refractivity contribution < 1.29 is 0 Å². The van der Waals surface area contributed by atoms with E-state index < -0.39 is 0 Å². The Morgan fingerprint density at radius 1 is 0.586 bits per heavy atom. The van der Waals surface area contributed by atoms with Gasteiger partial charge in [-0.1, -0.05) is 109 Å². The topological polar surface area (TPSA) is 24.4 Å². The Morgan fingerprint density at radius 3 is 1.55 bits per heavy atom. The molecular weight excluding hydrogens is 352 g/mol. The lowest BCUT2D eigenvalue weighted by Crippen LogP contribution is -2.12. The fourth-order valence-corrected chi connectivity index (χ4v) is 3.50. The predicted molar refractivity (Wildman–Crippen MR) is 122 cm³/mol. The van der Waals surface area contributed by atoms with E-state index in [-0.39, 0.29) is 5.92 Å². The molecule has 4 aromatic carbocycles. The fourth-order valence-electron chi connectivity index (χ4n) is 3.50. The van der Waals surface area contributed by atoms with Crippen LogP contribution in [0.4, 0.5) is 5.69 Å². The van der Waals surface area contributed by atoms with Gasteiger partial charge >= 0.3 is 0 Å². The number of hydrazone groups is 1. The van der Waals surface area contributed by atoms with Crippen LogP contribution in [0.15, 0.2) is 126 Å². The average molecular weight is 377 g/mol. The maximum Gasteiger partial charge on any atom is 0.0688 e. The Hall–Kier alpha value is -3.65. The standard InChI is InChI=1S/C27H24N2/c1-5-13-22(14-6-1)26(23-15-7-2-8-16-23)21-27(24-17-9-3-10-18-24)29-28-25-19-11-4-12-20-25/h1-20,26,28H,21H2/b29-27+. The van der Waals surface area contributed by atoms with Gasteiger partial charge in [0.1, 0.15) is 0 Å². The van der Waals surface area contributed by atoms with Crippen molar-refractivity contribution in [3.63, 3.8) is 0 Å². The van der Waals surface area contributed by atoms with Gasteiger partial charge in [0.2, 0.25) is 0 Å². The summed E-state index contributed by atoms with van der Waals surface area (Å²) in [5.74, 6) is 0.230. The largest absolute Gasteiger partial charge is 0.278 e. The monoisotopic (exact) mass is 376 g/mol. The lowest BCUT2D eigenvalue weighted by atomic mass is 9.85. The van der Waals surface area contributed by atoms with E-state index in [9.17, 15) is 0 Å². The quantitative estimate of drug-likeness (QED) is 0.281. The van der Waals surface area contributed by atoms with Crippen molar-refractivity contribution >= 4 is 11.4 Å². The van der Waals surface area contributed by atoms with Crippen LogP contribution < -0.4 is 5.43 Å². The molecule has 142 valence electrons. The van der Waals surface area contributed by atoms with Crippen molar-refractivity contribution in [3.05, 3.63) is 138 Å². The van der Waals surface area contributed by atoms with Gasteiger partial charge in [-0.05, 0) is 28.8 Å². The molecule has 0 bridgehead atoms. The summed E-state index contributed by atoms with van der Waals surface area (Å²) in [6.45, 7) is 0. The van der Waals surface area contributed by atoms with Crippen molar-refractivity contribution in [1.82, 2.24) is 0 Å². The molecule has 0 radical (unpaired) electrons. The smallest absolute Gasteiger partial charge is 0.0688 e. The minimum Gasteiger partial charge on any atom is -0.278 e. The Kier molecular flexibility index (Phi) is 6.14. The van der Waals surface area contributed by atoms with E-state index in [1.165, 1.54) is 11.1 Å². The number of benzene rings is 4. The average Bonchev–Trinajstić information content (AvgIpc) is 2.82. The van der Waals surface area contributed by atoms with E-state index >= 15 is 0 Å². The van der Waals surface area contributed by atoms with Gasteiger partial charge in [0.15, 0.2) is 0 Å². The third kappa shape index (κ3) is 4.99. The van der Waals surface area contributed by atoms with E-state index in [2.05, 4.69) is 90.4 Å². The number of hydrogen-bond donors (Lipinski definition) is 1. The molecule has 0 saturated carbocycles. The molecule has 0 spiro atoms. The number of anilines is 1. The molecule has 0 saturated heterocycles. The van der Waals surface area contributed by atoms with E-state index in [1.807, 2.05) is 36.4 Å². The molecule has 0 aromatic heterocycles. The second-order valence-electron chi connectivity index (χ2n) is 6.98. The first-order valence-corrected chi connectivity index (χ1v) is 9.93. The van der Waals surface area contributed by atoms with Crippen LogP contribution in [-0.4, -0.2) is 5.71 Å². The van der Waals surface area contributed by atoms with Gasteiger partial charge in [-0.2, -0.15) is 5.10 Å². The van der Waals surface area contributed by atoms with Crippen molar-refractivity contribution in [1.29, 1.82) is 0 Å². The van der Waals surface area contributed by atoms with E-state index in [1.54, 1.807) is 0 Å². The molecular formula is C27H24N2. The third-order valence-corrected chi connectivity index (χ3v) is 5.00. The molecule has 0 aliphatic rings. The minimum absolute atomic E-state index is 0.230. The summed E-state index contributed by atoms with van der Waals surface area (Å²) in [5, 5.41) is 4.82. The number of hydrogen-bond acceptors (Lipinski definition) is 2. The van der Waals surface area contributed by atoms with Gasteiger partial charge in [0.25, 0.3) is 0 Å². The second kappa shape index (κ2) is 9.52. The highest BCUT2D eigenvalue weighted by atomic mass is 15.3. The van der Waals surface area contributed by atoms with Gasteiger partial charge in [-0.3, -0.25) is 5.43 Å². The molecule has 2 heteroatoms. The Morgan fingerprint density at radius 2 is 1.03 bits per heavy atom. The van der Waals surface area contributed by atoms with Crippen LogP contribution in [0.2, 0.25) is 0 Å². The van der Waals surface area contributed by atoms with Crippen LogP contribution in [0.25, 0.3) is 0 Å². The van der Waals surface area contributed by atoms with Gasteiger partial charge in [-0.15, -0.1) is 0 Å². The molecule has 0 aliphatic carbocycles. The molecule has 0 heterocycles. The Labute approximate surface area is 172 Å². The number of para-hydroxylation sites is 1. The number of nitrogens with zero attached hydrogens (tertiary/aromatic N) is 1. The first-order valence-electron chi connectivity index (χ1n) is 9.93. The van der Waals surface area contributed by atoms with Crippen LogP contribution in [0.3, 0.4) is 0 Å². The molecule has 4 aromatic rings. The highest BCUT2D eigenvalue weighted by Gasteiger charge is 2.18. The predicted octanol–water partition coefficient (Wildman–Crippen LogP) is 6.73. The van der Waals surface area contributed by atoms with Crippen molar-refractivity contribution in [2.45, 2.75) is 12.3 Å². The van der Waals surface area contributed by atoms with Crippen LogP contribution >= 0.6 is 0 Å². The van der Waals surface area contributed by atoms with Crippen molar-refractivity contribution in [2.75, 3.05) is 5.43 Å². The van der Waals surface area contributed by atoms with E-state index in [0.29, 0.717) is 0 Å². The van der Waals surface area contributed by atoms with E-state index in [4.69, 9.17) is 5.10 Å². The third-order valence-electron chi connectivity index (χ3n) is 5.00. The summed E-state index contributed by atoms with van der Waals surface area (Å²) in [4.78, 5) is 0. The Bertz CT molecular complexity index is 987. The summed E-state index contributed by atoms with van der Waals surface area (Å²) in [6, 6.07) is 41.8. The summed E-state index contributed by atoms with van der Waals surface area (Å²) in [5.41, 5.74) is 8.98. The molecule has 4 rings (SSSR count). The van der Waals surface area contributed by atoms with Crippen LogP contribution in [0, 0.1) is 0 Å². The zero-order chi connectivity index (χ0) is 19.7. The van der Waals surface area contributed by atoms with Crippen LogP contribution in [-0.2, 0) is 0 Å². The fraction of sp³-hybridized carbons (Fsp3) is 0.0741. The van der Waals surface area contributed by atoms with Gasteiger partial charge in [0.05, 0.1) is 11.4 Å². The van der Waals surface area contributed by atoms with Crippen LogP contribution in [0.5, 0.6) is 0 Å². The molecule has 0 fully saturated rings. The molecule has 0 unspecified atom stereocenters. The molecule has 2 nitrogen and oxygen atoms in total. The molecule has 1 N–H and O–H groups in total. The van der Waals surface area contributed by atoms with Crippen molar-refractivity contribution in [2.24, 2.45) is 5.10 Å². The molecule has 0 amide bonds. The first kappa shape index (κ1) is 18.7. The van der Waals surface area contributed by atoms with E-state index in [0.717, 1.165) is 23.4 Å². The summed E-state index contributed by atoms with van der Waals surface area (Å²) in [6.07, 6.45) is 0.803. The zero-order valence-electron chi connectivity index (χ0n) is 16.3. The molecule has 29 heavy (non-hydrogen) atoms. The minimum atomic E-state index is 0.230. The van der Waals surface area contributed by atoms with Gasteiger partial charge in [0, 0.05) is 12.3 Å². The van der Waals surface area contributed by atoms with Crippen LogP contribution in [0.1, 0.15) is 29.0 Å². The van der Waals surface area contributed by atoms with Gasteiger partial charge in [-0.25, -0.2) is 0 Å². The molecule has 0 atom stereocenters. The number of rotatable bonds is 7. The number of nitrogens with one attached hydrogen (secondary N) is 1. The summed E-state index contributed by atoms with van der Waals surface area (Å²) < 4.78 is 0. The maximum absolute atomic E-state index is 4.82. The first-order chi connectivity index (χ1) is 14.4. The highest BCUT2D eigenvalue weighted by molar-refractivity contribution is 6.01. The second-order valence-corrected chi connectivity index (χ2v) is 6.98. The highest BCUT2D eigenvalue weighted by Crippen LogP contribution is 2.29. The van der Waals surface area contributed by atoms with Gasteiger partial charge < -0.3 is 0 Å². The lowest BCUT2D eigenvalue weighted by molar-refractivity contribution is 0.853. The summed E-state index contributed by atoms with van der Waals surface area (Å²) >= 11 is 0. The Balaban J connectivity index is 1.70. The normalized spacial score (nSPS) is 11.4. The lowest BCUT2D eigenvalue weighted by Gasteiger charge is -2.20.